The molecule has 28 heavy (non-hydrogen) atoms. The molecule has 1 fully saturated rings. The van der Waals surface area contributed by atoms with Crippen LogP contribution in [-0.2, 0) is 11.2 Å². The number of nitrogens with one attached hydrogen (secondary N) is 1. The van der Waals surface area contributed by atoms with E-state index in [1.54, 1.807) is 29.2 Å². The number of nitriles is 1. The van der Waals surface area contributed by atoms with Crippen LogP contribution < -0.4 is 5.32 Å². The number of rotatable bonds is 5. The van der Waals surface area contributed by atoms with E-state index in [2.05, 4.69) is 23.5 Å². The molecule has 1 heterocycles. The van der Waals surface area contributed by atoms with Crippen LogP contribution in [0.1, 0.15) is 35.4 Å². The molecule has 1 saturated heterocycles. The first-order valence-corrected chi connectivity index (χ1v) is 9.39. The van der Waals surface area contributed by atoms with Crippen molar-refractivity contribution in [2.75, 3.05) is 13.1 Å². The van der Waals surface area contributed by atoms with Gasteiger partial charge in [-0.15, -0.1) is 0 Å². The van der Waals surface area contributed by atoms with Gasteiger partial charge in [-0.1, -0.05) is 42.5 Å². The van der Waals surface area contributed by atoms with Gasteiger partial charge in [0, 0.05) is 19.5 Å². The molecule has 144 valence electrons. The number of hydrogen-bond donors (Lipinski definition) is 2. The van der Waals surface area contributed by atoms with Gasteiger partial charge in [0.25, 0.3) is 0 Å². The third-order valence-corrected chi connectivity index (χ3v) is 5.17. The second kappa shape index (κ2) is 9.05. The number of likely N-dealkylation sites (tertiary alicyclic amines) is 1. The van der Waals surface area contributed by atoms with Crippen molar-refractivity contribution in [2.24, 2.45) is 0 Å². The highest BCUT2D eigenvalue weighted by atomic mass is 16.4. The molecule has 2 N–H and O–H groups in total. The fourth-order valence-electron chi connectivity index (χ4n) is 3.73. The summed E-state index contributed by atoms with van der Waals surface area (Å²) in [6.45, 7) is 1.21. The Bertz CT molecular complexity index is 868. The zero-order valence-corrected chi connectivity index (χ0v) is 15.5. The van der Waals surface area contributed by atoms with Crippen molar-refractivity contribution in [1.29, 1.82) is 5.26 Å². The summed E-state index contributed by atoms with van der Waals surface area (Å²) < 4.78 is 0. The smallest absolute Gasteiger partial charge is 0.405 e. The van der Waals surface area contributed by atoms with E-state index < -0.39 is 12.1 Å². The molecule has 6 heteroatoms. The first-order chi connectivity index (χ1) is 13.6. The minimum atomic E-state index is -1.23. The van der Waals surface area contributed by atoms with Crippen molar-refractivity contribution in [3.05, 3.63) is 71.3 Å². The molecular formula is C22H23N3O3. The first-order valence-electron chi connectivity index (χ1n) is 9.39. The van der Waals surface area contributed by atoms with Gasteiger partial charge in [-0.25, -0.2) is 4.79 Å². The fourth-order valence-corrected chi connectivity index (χ4v) is 3.73. The predicted octanol–water partition coefficient (Wildman–Crippen LogP) is 3.14. The molecule has 0 aliphatic carbocycles. The number of piperidine rings is 1. The van der Waals surface area contributed by atoms with Crippen LogP contribution in [-0.4, -0.2) is 41.1 Å². The Balaban J connectivity index is 1.66. The molecule has 1 aliphatic heterocycles. The SMILES string of the molecule is N#Cc1cccc(C[C@H](NC(=O)O)C(=O)N2CCC(c3ccccc3)CC2)c1. The van der Waals surface area contributed by atoms with E-state index in [9.17, 15) is 9.59 Å². The second-order valence-corrected chi connectivity index (χ2v) is 7.03. The molecule has 0 unspecified atom stereocenters. The summed E-state index contributed by atoms with van der Waals surface area (Å²) in [6.07, 6.45) is 0.715. The molecule has 3 rings (SSSR count). The number of carbonyl (C=O) groups excluding carboxylic acids is 1. The van der Waals surface area contributed by atoms with Crippen LogP contribution in [0.2, 0.25) is 0 Å². The third-order valence-electron chi connectivity index (χ3n) is 5.17. The summed E-state index contributed by atoms with van der Waals surface area (Å²) in [5.74, 6) is 0.208. The second-order valence-electron chi connectivity index (χ2n) is 7.03. The highest BCUT2D eigenvalue weighted by Crippen LogP contribution is 2.28. The van der Waals surface area contributed by atoms with Gasteiger partial charge in [0.1, 0.15) is 6.04 Å². The minimum Gasteiger partial charge on any atom is -0.465 e. The maximum atomic E-state index is 13.0. The van der Waals surface area contributed by atoms with Crippen molar-refractivity contribution < 1.29 is 14.7 Å². The van der Waals surface area contributed by atoms with Gasteiger partial charge in [-0.2, -0.15) is 5.26 Å². The van der Waals surface area contributed by atoms with Crippen molar-refractivity contribution >= 4 is 12.0 Å². The number of benzene rings is 2. The van der Waals surface area contributed by atoms with Crippen LogP contribution in [0.4, 0.5) is 4.79 Å². The van der Waals surface area contributed by atoms with Crippen LogP contribution >= 0.6 is 0 Å². The average molecular weight is 377 g/mol. The predicted molar refractivity (Wildman–Crippen MR) is 105 cm³/mol. The Kier molecular flexibility index (Phi) is 6.28. The van der Waals surface area contributed by atoms with Crippen molar-refractivity contribution in [3.8, 4) is 6.07 Å². The van der Waals surface area contributed by atoms with Crippen LogP contribution in [0.5, 0.6) is 0 Å². The molecule has 1 atom stereocenters. The monoisotopic (exact) mass is 377 g/mol. The molecule has 0 radical (unpaired) electrons. The Morgan fingerprint density at radius 2 is 1.86 bits per heavy atom. The average Bonchev–Trinajstić information content (AvgIpc) is 2.73. The highest BCUT2D eigenvalue weighted by Gasteiger charge is 2.30. The maximum absolute atomic E-state index is 13.0. The van der Waals surface area contributed by atoms with Gasteiger partial charge >= 0.3 is 6.09 Å². The van der Waals surface area contributed by atoms with Gasteiger partial charge in [0.05, 0.1) is 11.6 Å². The largest absolute Gasteiger partial charge is 0.465 e. The lowest BCUT2D eigenvalue weighted by molar-refractivity contribution is -0.134. The normalized spacial score (nSPS) is 15.5. The topological polar surface area (TPSA) is 93.4 Å². The number of carbonyl (C=O) groups is 2. The summed E-state index contributed by atoms with van der Waals surface area (Å²) in [5.41, 5.74) is 2.52. The van der Waals surface area contributed by atoms with E-state index in [-0.39, 0.29) is 12.3 Å². The van der Waals surface area contributed by atoms with Crippen LogP contribution in [0.3, 0.4) is 0 Å². The number of amides is 2. The Morgan fingerprint density at radius 1 is 1.14 bits per heavy atom. The quantitative estimate of drug-likeness (QED) is 0.837. The zero-order valence-electron chi connectivity index (χ0n) is 15.5. The minimum absolute atomic E-state index is 0.212. The lowest BCUT2D eigenvalue weighted by Gasteiger charge is -2.34. The molecule has 0 saturated carbocycles. The van der Waals surface area contributed by atoms with Crippen LogP contribution in [0.25, 0.3) is 0 Å². The maximum Gasteiger partial charge on any atom is 0.405 e. The van der Waals surface area contributed by atoms with Gasteiger partial charge < -0.3 is 15.3 Å². The molecule has 1 aliphatic rings. The third kappa shape index (κ3) is 4.89. The zero-order chi connectivity index (χ0) is 19.9. The lowest BCUT2D eigenvalue weighted by Crippen LogP contribution is -2.51. The number of carboxylic acid groups (broad SMARTS) is 1. The molecular weight excluding hydrogens is 354 g/mol. The van der Waals surface area contributed by atoms with Crippen LogP contribution in [0.15, 0.2) is 54.6 Å². The summed E-state index contributed by atoms with van der Waals surface area (Å²) >= 11 is 0. The summed E-state index contributed by atoms with van der Waals surface area (Å²) in [6, 6.07) is 18.4. The summed E-state index contributed by atoms with van der Waals surface area (Å²) in [5, 5.41) is 20.6. The van der Waals surface area contributed by atoms with Gasteiger partial charge in [0.15, 0.2) is 0 Å². The lowest BCUT2D eigenvalue weighted by atomic mass is 9.89. The van der Waals surface area contributed by atoms with Crippen LogP contribution in [0, 0.1) is 11.3 Å². The highest BCUT2D eigenvalue weighted by molar-refractivity contribution is 5.85. The standard InChI is InChI=1S/C22H23N3O3/c23-15-17-6-4-5-16(13-17)14-20(24-22(27)28)21(26)25-11-9-19(10-12-25)18-7-2-1-3-8-18/h1-8,13,19-20,24H,9-12,14H2,(H,27,28)/t20-/m0/s1. The Morgan fingerprint density at radius 3 is 2.50 bits per heavy atom. The van der Waals surface area contributed by atoms with E-state index in [0.717, 1.165) is 18.4 Å². The molecule has 0 bridgehead atoms. The van der Waals surface area contributed by atoms with E-state index in [4.69, 9.17) is 10.4 Å². The Labute approximate surface area is 164 Å². The molecule has 0 aromatic heterocycles. The first kappa shape index (κ1) is 19.4. The number of nitrogens with zero attached hydrogens (tertiary/aromatic N) is 2. The van der Waals surface area contributed by atoms with Gasteiger partial charge in [0.2, 0.25) is 5.91 Å². The Hall–Kier alpha value is -3.33. The van der Waals surface area contributed by atoms with E-state index in [1.807, 2.05) is 18.2 Å². The molecule has 6 nitrogen and oxygen atoms in total. The van der Waals surface area contributed by atoms with Gasteiger partial charge in [-0.3, -0.25) is 4.79 Å². The number of hydrogen-bond acceptors (Lipinski definition) is 3. The molecule has 2 aromatic carbocycles. The van der Waals surface area contributed by atoms with Crippen molar-refractivity contribution in [2.45, 2.75) is 31.2 Å². The van der Waals surface area contributed by atoms with E-state index in [0.29, 0.717) is 24.6 Å². The van der Waals surface area contributed by atoms with Crippen molar-refractivity contribution in [3.63, 3.8) is 0 Å². The molecule has 2 aromatic rings. The summed E-state index contributed by atoms with van der Waals surface area (Å²) in [7, 11) is 0. The van der Waals surface area contributed by atoms with E-state index in [1.165, 1.54) is 5.56 Å². The fraction of sp³-hybridized carbons (Fsp3) is 0.318. The summed E-state index contributed by atoms with van der Waals surface area (Å²) in [4.78, 5) is 25.9. The molecule has 0 spiro atoms. The van der Waals surface area contributed by atoms with Gasteiger partial charge in [-0.05, 0) is 42.0 Å². The van der Waals surface area contributed by atoms with E-state index >= 15 is 0 Å². The van der Waals surface area contributed by atoms with Crippen molar-refractivity contribution in [1.82, 2.24) is 10.2 Å². The molecule has 2 amide bonds.